The van der Waals surface area contributed by atoms with Gasteiger partial charge in [0.1, 0.15) is 0 Å². The summed E-state index contributed by atoms with van der Waals surface area (Å²) in [6, 6.07) is 15.4. The number of aryl methyl sites for hydroxylation is 2. The van der Waals surface area contributed by atoms with Crippen molar-refractivity contribution in [2.24, 2.45) is 14.1 Å². The Morgan fingerprint density at radius 2 is 0.855 bits per heavy atom. The molecular weight excluding hydrogens is 1210 g/mol. The van der Waals surface area contributed by atoms with Gasteiger partial charge >= 0.3 is 0 Å². The molecular formula is C42H26B2N12Pt2S4-6. The zero-order valence-electron chi connectivity index (χ0n) is 32.9. The van der Waals surface area contributed by atoms with Gasteiger partial charge in [-0.05, 0) is 59.9 Å². The molecule has 0 saturated heterocycles. The zero-order chi connectivity index (χ0) is 40.0. The minimum atomic E-state index is -0.238. The molecule has 7 aromatic rings. The summed E-state index contributed by atoms with van der Waals surface area (Å²) in [7, 11) is 8.03. The SMILES string of the molecule is CN1C=CN(c2[c-]c3c(nc2)Sc2c4c5c(c6c2B3c2[c-]c(-c3nccn3C)cnc2S6)Sc2ncc(-c3nccn3C)[c-]c2B5c2[c-]c(N3C=CN(C)[CH-]3)cnc2S4)[CH-]1.[Pt].[Pt]. The Kier molecular flexibility index (Phi) is 9.97. The van der Waals surface area contributed by atoms with Crippen LogP contribution in [0.25, 0.3) is 22.8 Å². The molecule has 13 rings (SSSR count). The number of anilines is 2. The number of nitrogens with zero attached hydrogens (tertiary/aromatic N) is 12. The first kappa shape index (κ1) is 40.6. The van der Waals surface area contributed by atoms with E-state index in [0.717, 1.165) is 76.1 Å². The van der Waals surface area contributed by atoms with Crippen LogP contribution in [-0.4, -0.2) is 76.4 Å². The second kappa shape index (κ2) is 15.2. The van der Waals surface area contributed by atoms with Crippen LogP contribution in [0.1, 0.15) is 0 Å². The Morgan fingerprint density at radius 3 is 1.19 bits per heavy atom. The third-order valence-electron chi connectivity index (χ3n) is 11.4. The molecule has 0 bridgehead atoms. The van der Waals surface area contributed by atoms with Gasteiger partial charge in [0.05, 0.1) is 11.6 Å². The van der Waals surface area contributed by atoms with E-state index in [-0.39, 0.29) is 55.6 Å². The Labute approximate surface area is 404 Å². The molecule has 0 unspecified atom stereocenters. The van der Waals surface area contributed by atoms with Crippen LogP contribution in [0.2, 0.25) is 0 Å². The first-order chi connectivity index (χ1) is 29.3. The van der Waals surface area contributed by atoms with E-state index in [0.29, 0.717) is 0 Å². The fourth-order valence-corrected chi connectivity index (χ4v) is 13.7. The fraction of sp³-hybridized carbons (Fsp3) is 0.0952. The van der Waals surface area contributed by atoms with E-state index < -0.39 is 0 Å². The predicted molar refractivity (Wildman–Crippen MR) is 236 cm³/mol. The average molecular weight is 1240 g/mol. The van der Waals surface area contributed by atoms with Gasteiger partial charge in [-0.3, -0.25) is 9.97 Å². The second-order valence-corrected chi connectivity index (χ2v) is 19.1. The van der Waals surface area contributed by atoms with Crippen molar-refractivity contribution in [3.63, 3.8) is 0 Å². The molecule has 6 aromatic heterocycles. The first-order valence-corrected chi connectivity index (χ1v) is 22.3. The molecule has 6 aliphatic rings. The largest absolute Gasteiger partial charge is 0.510 e. The first-order valence-electron chi connectivity index (χ1n) is 19.0. The molecule has 12 heterocycles. The minimum Gasteiger partial charge on any atom is -0.510 e. The van der Waals surface area contributed by atoms with E-state index >= 15 is 0 Å². The molecule has 0 amide bonds. The Morgan fingerprint density at radius 1 is 0.484 bits per heavy atom. The number of benzene rings is 1. The van der Waals surface area contributed by atoms with Gasteiger partial charge in [-0.15, -0.1) is 70.1 Å². The third-order valence-corrected chi connectivity index (χ3v) is 16.2. The summed E-state index contributed by atoms with van der Waals surface area (Å²) >= 11 is 6.89. The van der Waals surface area contributed by atoms with Gasteiger partial charge in [-0.1, -0.05) is 47.3 Å². The van der Waals surface area contributed by atoms with Crippen molar-refractivity contribution in [1.29, 1.82) is 0 Å². The van der Waals surface area contributed by atoms with Crippen molar-refractivity contribution in [3.05, 3.63) is 112 Å². The van der Waals surface area contributed by atoms with Gasteiger partial charge in [0.25, 0.3) is 0 Å². The van der Waals surface area contributed by atoms with E-state index in [1.54, 1.807) is 47.0 Å². The summed E-state index contributed by atoms with van der Waals surface area (Å²) in [5.74, 6) is 1.63. The fourth-order valence-electron chi connectivity index (χ4n) is 8.58. The topological polar surface area (TPSA) is 100 Å². The standard InChI is InChI=1S/C42H26B2N12S4.2Pt/c1-51-9-11-55(21-51)25-15-29-41(49-19-25)59-35-31-33(57-39-27(43(29)31)13-23(17-47-39)37-45-5-7-53(37)3)34-32-36(35)60-42-30(16-26(20-50-42)56-12-10-52(2)22-56)44(32)28-14-24(18-48-40(28)58-34)38-46-6-8-54(38)4;;/h5-12,17-22H,1-4H3;;/q-6;;. The van der Waals surface area contributed by atoms with E-state index in [1.807, 2.05) is 135 Å². The number of imidazole rings is 2. The Bertz CT molecular complexity index is 2880. The van der Waals surface area contributed by atoms with Gasteiger partial charge in [0.2, 0.25) is 13.4 Å². The van der Waals surface area contributed by atoms with E-state index in [1.165, 1.54) is 30.5 Å². The van der Waals surface area contributed by atoms with Gasteiger partial charge < -0.3 is 48.7 Å². The number of rotatable bonds is 4. The van der Waals surface area contributed by atoms with Crippen molar-refractivity contribution in [2.45, 2.75) is 39.7 Å². The van der Waals surface area contributed by atoms with Gasteiger partial charge in [-0.25, -0.2) is 0 Å². The summed E-state index contributed by atoms with van der Waals surface area (Å²) in [6.07, 6.45) is 23.3. The van der Waals surface area contributed by atoms with E-state index in [4.69, 9.17) is 19.9 Å². The monoisotopic (exact) mass is 1240 g/mol. The van der Waals surface area contributed by atoms with Crippen LogP contribution in [-0.2, 0) is 56.2 Å². The molecule has 0 spiro atoms. The molecule has 0 saturated carbocycles. The van der Waals surface area contributed by atoms with E-state index in [2.05, 4.69) is 44.0 Å². The van der Waals surface area contributed by atoms with Crippen LogP contribution in [0.15, 0.2) is 114 Å². The molecule has 0 N–H and O–H groups in total. The maximum atomic E-state index is 5.19. The predicted octanol–water partition coefficient (Wildman–Crippen LogP) is 2.84. The van der Waals surface area contributed by atoms with Crippen molar-refractivity contribution >= 4 is 105 Å². The third kappa shape index (κ3) is 6.10. The maximum Gasteiger partial charge on any atom is 0.205 e. The normalized spacial score (nSPS) is 15.7. The van der Waals surface area contributed by atoms with Crippen LogP contribution in [0, 0.1) is 37.6 Å². The van der Waals surface area contributed by atoms with Crippen molar-refractivity contribution in [1.82, 2.24) is 48.8 Å². The van der Waals surface area contributed by atoms with Crippen LogP contribution >= 0.6 is 47.0 Å². The summed E-state index contributed by atoms with van der Waals surface area (Å²) < 4.78 is 4.02. The molecule has 20 heteroatoms. The van der Waals surface area contributed by atoms with Crippen LogP contribution in [0.3, 0.4) is 0 Å². The number of hydrogen-bond acceptors (Lipinski definition) is 14. The summed E-state index contributed by atoms with van der Waals surface area (Å²) in [5.41, 5.74) is 9.88. The van der Waals surface area contributed by atoms with Gasteiger partial charge in [0, 0.05) is 111 Å². The van der Waals surface area contributed by atoms with Crippen molar-refractivity contribution < 1.29 is 42.1 Å². The Hall–Kier alpha value is -4.17. The van der Waals surface area contributed by atoms with E-state index in [9.17, 15) is 0 Å². The number of hydrogen-bond donors (Lipinski definition) is 0. The number of pyridine rings is 4. The molecule has 12 nitrogen and oxygen atoms in total. The number of aromatic nitrogens is 8. The summed E-state index contributed by atoms with van der Waals surface area (Å²) in [6.45, 7) is 3.59. The maximum absolute atomic E-state index is 5.19. The van der Waals surface area contributed by atoms with Crippen molar-refractivity contribution in [3.8, 4) is 22.8 Å². The zero-order valence-corrected chi connectivity index (χ0v) is 40.7. The molecule has 0 atom stereocenters. The molecule has 6 aliphatic heterocycles. The van der Waals surface area contributed by atoms with Crippen LogP contribution < -0.4 is 42.6 Å². The smallest absolute Gasteiger partial charge is 0.205 e. The van der Waals surface area contributed by atoms with Crippen LogP contribution in [0.5, 0.6) is 0 Å². The molecule has 0 aliphatic carbocycles. The quantitative estimate of drug-likeness (QED) is 0.191. The van der Waals surface area contributed by atoms with Crippen molar-refractivity contribution in [2.75, 3.05) is 23.9 Å². The molecule has 1 aromatic carbocycles. The van der Waals surface area contributed by atoms with Gasteiger partial charge in [-0.2, -0.15) is 36.4 Å². The second-order valence-electron chi connectivity index (χ2n) is 15.1. The molecule has 310 valence electrons. The molecule has 0 radical (unpaired) electrons. The van der Waals surface area contributed by atoms with Crippen LogP contribution in [0.4, 0.5) is 11.4 Å². The minimum absolute atomic E-state index is 0. The summed E-state index contributed by atoms with van der Waals surface area (Å²) in [5, 5.41) is 3.64. The number of fused-ring (bicyclic) bond motifs is 10. The Balaban J connectivity index is 0.00000216. The average Bonchev–Trinajstić information content (AvgIpc) is 4.10. The summed E-state index contributed by atoms with van der Waals surface area (Å²) in [4.78, 5) is 43.0. The molecule has 0 fully saturated rings. The molecule has 62 heavy (non-hydrogen) atoms. The van der Waals surface area contributed by atoms with Gasteiger partial charge in [0.15, 0.2) is 0 Å².